The maximum atomic E-state index is 11.4. The summed E-state index contributed by atoms with van der Waals surface area (Å²) >= 11 is 0. The molecule has 3 heteroatoms. The molecule has 0 saturated heterocycles. The van der Waals surface area contributed by atoms with Crippen LogP contribution in [0.2, 0.25) is 0 Å². The molecule has 0 radical (unpaired) electrons. The molecular formula is C16H14O3. The lowest BCUT2D eigenvalue weighted by molar-refractivity contribution is 0.0692. The smallest absolute Gasteiger partial charge is 0.336 e. The predicted molar refractivity (Wildman–Crippen MR) is 72.7 cm³/mol. The van der Waals surface area contributed by atoms with Crippen LogP contribution >= 0.6 is 0 Å². The summed E-state index contributed by atoms with van der Waals surface area (Å²) in [6.45, 7) is 1.37. The lowest BCUT2D eigenvalue weighted by Crippen LogP contribution is -2.07. The van der Waals surface area contributed by atoms with E-state index < -0.39 is 5.97 Å². The number of hydrogen-bond acceptors (Lipinski definition) is 2. The number of carboxylic acids is 1. The predicted octanol–water partition coefficient (Wildman–Crippen LogP) is 3.18. The maximum absolute atomic E-state index is 11.4. The van der Waals surface area contributed by atoms with Gasteiger partial charge in [0.2, 0.25) is 0 Å². The molecule has 3 nitrogen and oxygen atoms in total. The van der Waals surface area contributed by atoms with Crippen molar-refractivity contribution in [2.45, 2.75) is 13.3 Å². The molecule has 0 aromatic heterocycles. The summed E-state index contributed by atoms with van der Waals surface area (Å²) < 4.78 is 0. The summed E-state index contributed by atoms with van der Waals surface area (Å²) in [4.78, 5) is 22.6. The highest BCUT2D eigenvalue weighted by Gasteiger charge is 2.14. The van der Waals surface area contributed by atoms with Crippen molar-refractivity contribution in [3.05, 3.63) is 70.8 Å². The number of hydrogen-bond donors (Lipinski definition) is 1. The van der Waals surface area contributed by atoms with Crippen LogP contribution in [0.4, 0.5) is 0 Å². The Morgan fingerprint density at radius 3 is 2.21 bits per heavy atom. The van der Waals surface area contributed by atoms with Gasteiger partial charge in [-0.3, -0.25) is 4.79 Å². The van der Waals surface area contributed by atoms with Crippen LogP contribution in [-0.4, -0.2) is 16.9 Å². The molecule has 0 aliphatic rings. The van der Waals surface area contributed by atoms with E-state index in [9.17, 15) is 9.59 Å². The second-order valence-corrected chi connectivity index (χ2v) is 4.40. The Hall–Kier alpha value is -2.42. The van der Waals surface area contributed by atoms with E-state index >= 15 is 0 Å². The van der Waals surface area contributed by atoms with Crippen LogP contribution < -0.4 is 0 Å². The highest BCUT2D eigenvalue weighted by Crippen LogP contribution is 2.16. The number of benzene rings is 2. The van der Waals surface area contributed by atoms with Gasteiger partial charge in [0.25, 0.3) is 0 Å². The fraction of sp³-hybridized carbons (Fsp3) is 0.125. The second-order valence-electron chi connectivity index (χ2n) is 4.40. The Morgan fingerprint density at radius 2 is 1.63 bits per heavy atom. The van der Waals surface area contributed by atoms with Gasteiger partial charge in [-0.05, 0) is 30.5 Å². The molecule has 2 rings (SSSR count). The SMILES string of the molecule is CC(=O)c1ccc(Cc2ccccc2)cc1C(=O)O. The number of carbonyl (C=O) groups excluding carboxylic acids is 1. The van der Waals surface area contributed by atoms with Crippen LogP contribution in [0.25, 0.3) is 0 Å². The quantitative estimate of drug-likeness (QED) is 0.852. The molecule has 0 amide bonds. The van der Waals surface area contributed by atoms with Crippen molar-refractivity contribution < 1.29 is 14.7 Å². The highest BCUT2D eigenvalue weighted by atomic mass is 16.4. The average Bonchev–Trinajstić information content (AvgIpc) is 2.39. The number of Topliss-reactive ketones (excluding diaryl/α,β-unsaturated/α-hetero) is 1. The van der Waals surface area contributed by atoms with Gasteiger partial charge in [0.15, 0.2) is 5.78 Å². The first-order valence-electron chi connectivity index (χ1n) is 5.99. The van der Waals surface area contributed by atoms with Gasteiger partial charge in [-0.25, -0.2) is 4.79 Å². The summed E-state index contributed by atoms with van der Waals surface area (Å²) in [5.74, 6) is -1.30. The van der Waals surface area contributed by atoms with Crippen LogP contribution in [0, 0.1) is 0 Å². The lowest BCUT2D eigenvalue weighted by Gasteiger charge is -2.07. The fourth-order valence-electron chi connectivity index (χ4n) is 2.02. The molecule has 0 spiro atoms. The van der Waals surface area contributed by atoms with Crippen molar-refractivity contribution in [2.75, 3.05) is 0 Å². The molecular weight excluding hydrogens is 240 g/mol. The van der Waals surface area contributed by atoms with Crippen molar-refractivity contribution in [2.24, 2.45) is 0 Å². The first-order chi connectivity index (χ1) is 9.08. The zero-order chi connectivity index (χ0) is 13.8. The Bertz CT molecular complexity index is 615. The molecule has 2 aromatic carbocycles. The molecule has 0 aliphatic carbocycles. The van der Waals surface area contributed by atoms with Gasteiger partial charge in [0.1, 0.15) is 0 Å². The lowest BCUT2D eigenvalue weighted by atomic mass is 9.97. The maximum Gasteiger partial charge on any atom is 0.336 e. The van der Waals surface area contributed by atoms with E-state index in [1.54, 1.807) is 18.2 Å². The zero-order valence-corrected chi connectivity index (χ0v) is 10.6. The molecule has 2 aromatic rings. The van der Waals surface area contributed by atoms with E-state index in [-0.39, 0.29) is 16.9 Å². The van der Waals surface area contributed by atoms with E-state index in [0.29, 0.717) is 6.42 Å². The minimum Gasteiger partial charge on any atom is -0.478 e. The number of carbonyl (C=O) groups is 2. The van der Waals surface area contributed by atoms with Gasteiger partial charge in [0.05, 0.1) is 5.56 Å². The molecule has 0 heterocycles. The average molecular weight is 254 g/mol. The number of ketones is 1. The van der Waals surface area contributed by atoms with Crippen molar-refractivity contribution in [3.8, 4) is 0 Å². The summed E-state index contributed by atoms with van der Waals surface area (Å²) in [6.07, 6.45) is 0.652. The Morgan fingerprint density at radius 1 is 0.947 bits per heavy atom. The molecule has 96 valence electrons. The second kappa shape index (κ2) is 5.48. The molecule has 0 unspecified atom stereocenters. The van der Waals surface area contributed by atoms with Gasteiger partial charge in [0, 0.05) is 5.56 Å². The topological polar surface area (TPSA) is 54.4 Å². The van der Waals surface area contributed by atoms with Gasteiger partial charge < -0.3 is 5.11 Å². The summed E-state index contributed by atoms with van der Waals surface area (Å²) in [5, 5.41) is 9.15. The first kappa shape index (κ1) is 13.0. The van der Waals surface area contributed by atoms with E-state index in [1.807, 2.05) is 30.3 Å². The summed E-state index contributed by atoms with van der Waals surface area (Å²) in [5.41, 5.74) is 2.31. The van der Waals surface area contributed by atoms with Gasteiger partial charge in [-0.1, -0.05) is 42.5 Å². The minimum atomic E-state index is -1.07. The Labute approximate surface area is 111 Å². The van der Waals surface area contributed by atoms with E-state index in [0.717, 1.165) is 11.1 Å². The Kier molecular flexibility index (Phi) is 3.76. The fourth-order valence-corrected chi connectivity index (χ4v) is 2.02. The first-order valence-corrected chi connectivity index (χ1v) is 5.99. The molecule has 19 heavy (non-hydrogen) atoms. The molecule has 0 saturated carbocycles. The third kappa shape index (κ3) is 3.07. The van der Waals surface area contributed by atoms with E-state index in [2.05, 4.69) is 0 Å². The normalized spacial score (nSPS) is 10.2. The van der Waals surface area contributed by atoms with Crippen LogP contribution in [0.15, 0.2) is 48.5 Å². The van der Waals surface area contributed by atoms with Gasteiger partial charge >= 0.3 is 5.97 Å². The molecule has 1 N–H and O–H groups in total. The summed E-state index contributed by atoms with van der Waals surface area (Å²) in [6, 6.07) is 14.8. The standard InChI is InChI=1S/C16H14O3/c1-11(17)14-8-7-13(10-15(14)16(18)19)9-12-5-3-2-4-6-12/h2-8,10H,9H2,1H3,(H,18,19). The van der Waals surface area contributed by atoms with Crippen molar-refractivity contribution >= 4 is 11.8 Å². The number of carboxylic acid groups (broad SMARTS) is 1. The van der Waals surface area contributed by atoms with Crippen molar-refractivity contribution in [3.63, 3.8) is 0 Å². The number of rotatable bonds is 4. The Balaban J connectivity index is 2.36. The van der Waals surface area contributed by atoms with Crippen LogP contribution in [0.5, 0.6) is 0 Å². The molecule has 0 aliphatic heterocycles. The van der Waals surface area contributed by atoms with E-state index in [1.165, 1.54) is 6.92 Å². The highest BCUT2D eigenvalue weighted by molar-refractivity contribution is 6.04. The number of aromatic carboxylic acids is 1. The monoisotopic (exact) mass is 254 g/mol. The molecule has 0 fully saturated rings. The molecule has 0 bridgehead atoms. The molecule has 0 atom stereocenters. The third-order valence-corrected chi connectivity index (χ3v) is 2.94. The van der Waals surface area contributed by atoms with Crippen molar-refractivity contribution in [1.29, 1.82) is 0 Å². The van der Waals surface area contributed by atoms with Crippen LogP contribution in [-0.2, 0) is 6.42 Å². The van der Waals surface area contributed by atoms with Gasteiger partial charge in [-0.15, -0.1) is 0 Å². The summed E-state index contributed by atoms with van der Waals surface area (Å²) in [7, 11) is 0. The zero-order valence-electron chi connectivity index (χ0n) is 10.6. The van der Waals surface area contributed by atoms with E-state index in [4.69, 9.17) is 5.11 Å². The van der Waals surface area contributed by atoms with Crippen LogP contribution in [0.3, 0.4) is 0 Å². The minimum absolute atomic E-state index is 0.0703. The third-order valence-electron chi connectivity index (χ3n) is 2.94. The van der Waals surface area contributed by atoms with Gasteiger partial charge in [-0.2, -0.15) is 0 Å². The van der Waals surface area contributed by atoms with Crippen LogP contribution in [0.1, 0.15) is 38.8 Å². The van der Waals surface area contributed by atoms with Crippen molar-refractivity contribution in [1.82, 2.24) is 0 Å². The largest absolute Gasteiger partial charge is 0.478 e.